The van der Waals surface area contributed by atoms with Gasteiger partial charge >= 0.3 is 0 Å². The molecule has 9 nitrogen and oxygen atoms in total. The van der Waals surface area contributed by atoms with E-state index in [0.29, 0.717) is 51.0 Å². The molecule has 3 rings (SSSR count). The highest BCUT2D eigenvalue weighted by Gasteiger charge is 2.23. The number of anilines is 1. The topological polar surface area (TPSA) is 96.9 Å². The first-order chi connectivity index (χ1) is 14.2. The number of carbonyl (C=O) groups is 2. The van der Waals surface area contributed by atoms with Crippen LogP contribution >= 0.6 is 0 Å². The quantitative estimate of drug-likeness (QED) is 0.516. The van der Waals surface area contributed by atoms with Crippen molar-refractivity contribution in [2.24, 2.45) is 0 Å². The molecule has 0 spiro atoms. The molecule has 2 aromatic rings. The van der Waals surface area contributed by atoms with Gasteiger partial charge in [0.1, 0.15) is 24.5 Å². The largest absolute Gasteiger partial charge is 0.497 e. The zero-order valence-electron chi connectivity index (χ0n) is 16.4. The van der Waals surface area contributed by atoms with E-state index in [-0.39, 0.29) is 18.2 Å². The van der Waals surface area contributed by atoms with Crippen molar-refractivity contribution in [3.8, 4) is 11.5 Å². The molecular weight excluding hydrogens is 374 g/mol. The number of nitrogens with one attached hydrogen (secondary N) is 1. The number of aromatic nitrogens is 2. The summed E-state index contributed by atoms with van der Waals surface area (Å²) in [5.74, 6) is 1.63. The number of benzene rings is 1. The molecule has 0 aliphatic carbocycles. The van der Waals surface area contributed by atoms with Crippen LogP contribution in [0.25, 0.3) is 0 Å². The Balaban J connectivity index is 1.32. The zero-order valence-corrected chi connectivity index (χ0v) is 16.4. The first-order valence-electron chi connectivity index (χ1n) is 9.49. The summed E-state index contributed by atoms with van der Waals surface area (Å²) in [4.78, 5) is 36.5. The normalized spacial score (nSPS) is 13.7. The first-order valence-corrected chi connectivity index (χ1v) is 9.49. The molecule has 1 aromatic carbocycles. The van der Waals surface area contributed by atoms with Gasteiger partial charge in [-0.2, -0.15) is 0 Å². The molecule has 0 saturated carbocycles. The molecular formula is C20H25N5O4. The van der Waals surface area contributed by atoms with Crippen LogP contribution in [-0.4, -0.2) is 73.1 Å². The summed E-state index contributed by atoms with van der Waals surface area (Å²) < 4.78 is 10.6. The van der Waals surface area contributed by atoms with Crippen LogP contribution in [0.15, 0.2) is 42.7 Å². The molecule has 0 radical (unpaired) electrons. The summed E-state index contributed by atoms with van der Waals surface area (Å²) >= 11 is 0. The lowest BCUT2D eigenvalue weighted by atomic mass is 10.2. The second-order valence-electron chi connectivity index (χ2n) is 6.47. The van der Waals surface area contributed by atoms with Crippen molar-refractivity contribution < 1.29 is 19.1 Å². The second kappa shape index (κ2) is 10.3. The lowest BCUT2D eigenvalue weighted by Crippen LogP contribution is -2.50. The third-order valence-corrected chi connectivity index (χ3v) is 4.53. The average molecular weight is 399 g/mol. The van der Waals surface area contributed by atoms with Crippen LogP contribution in [0.2, 0.25) is 0 Å². The van der Waals surface area contributed by atoms with Crippen LogP contribution in [0.1, 0.15) is 6.42 Å². The lowest BCUT2D eigenvalue weighted by molar-refractivity contribution is -0.136. The number of methoxy groups -OCH3 is 1. The van der Waals surface area contributed by atoms with E-state index in [4.69, 9.17) is 9.47 Å². The molecule has 1 aliphatic rings. The predicted molar refractivity (Wildman–Crippen MR) is 107 cm³/mol. The van der Waals surface area contributed by atoms with Crippen molar-refractivity contribution in [3.63, 3.8) is 0 Å². The maximum Gasteiger partial charge on any atom is 0.232 e. The average Bonchev–Trinajstić information content (AvgIpc) is 2.78. The van der Waals surface area contributed by atoms with Crippen molar-refractivity contribution in [2.75, 3.05) is 51.3 Å². The number of piperazine rings is 1. The van der Waals surface area contributed by atoms with E-state index in [1.807, 2.05) is 4.90 Å². The van der Waals surface area contributed by atoms with Crippen LogP contribution in [0.5, 0.6) is 11.5 Å². The molecule has 1 aliphatic heterocycles. The van der Waals surface area contributed by atoms with Crippen molar-refractivity contribution in [2.45, 2.75) is 6.42 Å². The third-order valence-electron chi connectivity index (χ3n) is 4.53. The molecule has 29 heavy (non-hydrogen) atoms. The van der Waals surface area contributed by atoms with Gasteiger partial charge in [0.15, 0.2) is 0 Å². The van der Waals surface area contributed by atoms with Crippen LogP contribution < -0.4 is 19.7 Å². The zero-order chi connectivity index (χ0) is 20.5. The Morgan fingerprint density at radius 2 is 1.69 bits per heavy atom. The van der Waals surface area contributed by atoms with Crippen molar-refractivity contribution in [1.82, 2.24) is 20.2 Å². The van der Waals surface area contributed by atoms with Gasteiger partial charge in [-0.05, 0) is 30.3 Å². The second-order valence-corrected chi connectivity index (χ2v) is 6.47. The summed E-state index contributed by atoms with van der Waals surface area (Å²) in [6.45, 7) is 3.04. The minimum atomic E-state index is -0.304. The number of rotatable bonds is 8. The highest BCUT2D eigenvalue weighted by Crippen LogP contribution is 2.16. The fourth-order valence-corrected chi connectivity index (χ4v) is 2.95. The molecule has 0 atom stereocenters. The first kappa shape index (κ1) is 20.4. The Labute approximate surface area is 169 Å². The van der Waals surface area contributed by atoms with Crippen LogP contribution in [0.3, 0.4) is 0 Å². The SMILES string of the molecule is COc1ccc(OCCNC(=O)CC(=O)N2CCN(c3ncccn3)CC2)cc1. The lowest BCUT2D eigenvalue weighted by Gasteiger charge is -2.34. The van der Waals surface area contributed by atoms with E-state index >= 15 is 0 Å². The van der Waals surface area contributed by atoms with Crippen LogP contribution in [-0.2, 0) is 9.59 Å². The summed E-state index contributed by atoms with van der Waals surface area (Å²) in [5.41, 5.74) is 0. The molecule has 0 unspecified atom stereocenters. The van der Waals surface area contributed by atoms with Gasteiger partial charge in [0.25, 0.3) is 0 Å². The Bertz CT molecular complexity index is 792. The molecule has 2 amide bonds. The molecule has 2 heterocycles. The van der Waals surface area contributed by atoms with E-state index in [1.54, 1.807) is 54.7 Å². The highest BCUT2D eigenvalue weighted by atomic mass is 16.5. The summed E-state index contributed by atoms with van der Waals surface area (Å²) in [5, 5.41) is 2.71. The van der Waals surface area contributed by atoms with Gasteiger partial charge in [-0.3, -0.25) is 9.59 Å². The molecule has 154 valence electrons. The van der Waals surface area contributed by atoms with Crippen LogP contribution in [0.4, 0.5) is 5.95 Å². The Hall–Kier alpha value is -3.36. The maximum atomic E-state index is 12.3. The minimum Gasteiger partial charge on any atom is -0.497 e. The third kappa shape index (κ3) is 6.06. The summed E-state index contributed by atoms with van der Waals surface area (Å²) in [6.07, 6.45) is 3.23. The van der Waals surface area contributed by atoms with Gasteiger partial charge in [-0.15, -0.1) is 0 Å². The molecule has 1 N–H and O–H groups in total. The highest BCUT2D eigenvalue weighted by molar-refractivity contribution is 5.96. The number of ether oxygens (including phenoxy) is 2. The van der Waals surface area contributed by atoms with Crippen molar-refractivity contribution in [3.05, 3.63) is 42.7 Å². The predicted octanol–water partition coefficient (Wildman–Crippen LogP) is 0.719. The number of hydrogen-bond donors (Lipinski definition) is 1. The monoisotopic (exact) mass is 399 g/mol. The fraction of sp³-hybridized carbons (Fsp3) is 0.400. The van der Waals surface area contributed by atoms with Gasteiger partial charge in [-0.1, -0.05) is 0 Å². The van der Waals surface area contributed by atoms with Crippen molar-refractivity contribution in [1.29, 1.82) is 0 Å². The number of nitrogens with zero attached hydrogens (tertiary/aromatic N) is 4. The van der Waals surface area contributed by atoms with Gasteiger partial charge in [0.2, 0.25) is 17.8 Å². The Morgan fingerprint density at radius 3 is 2.34 bits per heavy atom. The summed E-state index contributed by atoms with van der Waals surface area (Å²) in [7, 11) is 1.60. The van der Waals surface area contributed by atoms with E-state index in [1.165, 1.54) is 0 Å². The molecule has 0 bridgehead atoms. The Kier molecular flexibility index (Phi) is 7.21. The molecule has 1 saturated heterocycles. The van der Waals surface area contributed by atoms with Gasteiger partial charge in [-0.25, -0.2) is 9.97 Å². The molecule has 1 fully saturated rings. The van der Waals surface area contributed by atoms with Gasteiger partial charge in [0, 0.05) is 38.6 Å². The van der Waals surface area contributed by atoms with E-state index < -0.39 is 0 Å². The van der Waals surface area contributed by atoms with Crippen LogP contribution in [0, 0.1) is 0 Å². The fourth-order valence-electron chi connectivity index (χ4n) is 2.95. The van der Waals surface area contributed by atoms with Gasteiger partial charge < -0.3 is 24.6 Å². The minimum absolute atomic E-state index is 0.162. The molecule has 1 aromatic heterocycles. The van der Waals surface area contributed by atoms with E-state index in [0.717, 1.165) is 5.75 Å². The number of carbonyl (C=O) groups excluding carboxylic acids is 2. The number of amides is 2. The van der Waals surface area contributed by atoms with Gasteiger partial charge in [0.05, 0.1) is 13.7 Å². The van der Waals surface area contributed by atoms with E-state index in [2.05, 4.69) is 15.3 Å². The standard InChI is InChI=1S/C20H25N5O4/c1-28-16-3-5-17(6-4-16)29-14-9-21-18(26)15-19(27)24-10-12-25(13-11-24)20-22-7-2-8-23-20/h2-8H,9-15H2,1H3,(H,21,26). The Morgan fingerprint density at radius 1 is 1.03 bits per heavy atom. The molecule has 9 heteroatoms. The number of hydrogen-bond acceptors (Lipinski definition) is 7. The van der Waals surface area contributed by atoms with Crippen molar-refractivity contribution >= 4 is 17.8 Å². The maximum absolute atomic E-state index is 12.3. The van der Waals surface area contributed by atoms with E-state index in [9.17, 15) is 9.59 Å². The summed E-state index contributed by atoms with van der Waals surface area (Å²) in [6, 6.07) is 8.96. The smallest absolute Gasteiger partial charge is 0.232 e.